The summed E-state index contributed by atoms with van der Waals surface area (Å²) >= 11 is 0. The van der Waals surface area contributed by atoms with E-state index in [1.807, 2.05) is 11.8 Å². The molecule has 1 N–H and O–H groups in total. The van der Waals surface area contributed by atoms with Gasteiger partial charge in [0.2, 0.25) is 5.89 Å². The number of aryl methyl sites for hydroxylation is 1. The highest BCUT2D eigenvalue weighted by atomic mass is 32.2. The van der Waals surface area contributed by atoms with Gasteiger partial charge < -0.3 is 9.63 Å². The molecule has 1 aliphatic heterocycles. The van der Waals surface area contributed by atoms with Crippen LogP contribution in [0.25, 0.3) is 0 Å². The average molecular weight is 431 g/mol. The van der Waals surface area contributed by atoms with E-state index < -0.39 is 15.9 Å². The van der Waals surface area contributed by atoms with Crippen LogP contribution in [0.15, 0.2) is 57.9 Å². The minimum absolute atomic E-state index is 0.0775. The molecule has 1 aromatic heterocycles. The van der Waals surface area contributed by atoms with Gasteiger partial charge >= 0.3 is 0 Å². The van der Waals surface area contributed by atoms with E-state index in [9.17, 15) is 17.9 Å². The van der Waals surface area contributed by atoms with Crippen LogP contribution in [0.4, 0.5) is 4.39 Å². The first-order valence-electron chi connectivity index (χ1n) is 9.58. The van der Waals surface area contributed by atoms with Crippen molar-refractivity contribution in [3.63, 3.8) is 0 Å². The Morgan fingerprint density at radius 1 is 1.17 bits per heavy atom. The number of aromatic nitrogens is 2. The molecule has 158 valence electrons. The van der Waals surface area contributed by atoms with E-state index in [0.717, 1.165) is 11.1 Å². The van der Waals surface area contributed by atoms with Crippen molar-refractivity contribution in [1.29, 1.82) is 0 Å². The first-order valence-corrected chi connectivity index (χ1v) is 11.2. The van der Waals surface area contributed by atoms with Gasteiger partial charge in [-0.15, -0.1) is 0 Å². The van der Waals surface area contributed by atoms with Gasteiger partial charge in [-0.2, -0.15) is 4.98 Å². The summed E-state index contributed by atoms with van der Waals surface area (Å²) in [5.41, 5.74) is 1.86. The van der Waals surface area contributed by atoms with Gasteiger partial charge in [0.25, 0.3) is 0 Å². The molecule has 0 radical (unpaired) electrons. The zero-order valence-electron chi connectivity index (χ0n) is 16.4. The zero-order chi connectivity index (χ0) is 21.3. The van der Waals surface area contributed by atoms with E-state index in [1.165, 1.54) is 12.1 Å². The van der Waals surface area contributed by atoms with Crippen LogP contribution in [0.3, 0.4) is 0 Å². The molecule has 0 saturated carbocycles. The molecule has 0 amide bonds. The number of aliphatic hydroxyl groups is 1. The molecule has 2 heterocycles. The fourth-order valence-electron chi connectivity index (χ4n) is 3.60. The van der Waals surface area contributed by atoms with Crippen molar-refractivity contribution in [3.05, 3.63) is 77.2 Å². The molecule has 0 bridgehead atoms. The Balaban J connectivity index is 1.50. The quantitative estimate of drug-likeness (QED) is 0.641. The Bertz CT molecular complexity index is 1110. The second-order valence-electron chi connectivity index (χ2n) is 7.58. The maximum atomic E-state index is 13.1. The highest BCUT2D eigenvalue weighted by molar-refractivity contribution is 7.90. The van der Waals surface area contributed by atoms with Crippen LogP contribution in [0.2, 0.25) is 0 Å². The molecule has 2 atom stereocenters. The Morgan fingerprint density at radius 2 is 1.87 bits per heavy atom. The monoisotopic (exact) mass is 431 g/mol. The largest absolute Gasteiger partial charge is 0.392 e. The van der Waals surface area contributed by atoms with E-state index >= 15 is 0 Å². The van der Waals surface area contributed by atoms with Gasteiger partial charge in [0, 0.05) is 13.1 Å². The fourth-order valence-corrected chi connectivity index (χ4v) is 4.77. The van der Waals surface area contributed by atoms with Crippen molar-refractivity contribution >= 4 is 9.84 Å². The lowest BCUT2D eigenvalue weighted by Gasteiger charge is -2.21. The third-order valence-corrected chi connectivity index (χ3v) is 6.78. The van der Waals surface area contributed by atoms with Crippen molar-refractivity contribution in [3.8, 4) is 0 Å². The molecule has 1 aliphatic rings. The van der Waals surface area contributed by atoms with Gasteiger partial charge in [-0.1, -0.05) is 35.0 Å². The second-order valence-corrected chi connectivity index (χ2v) is 9.57. The Morgan fingerprint density at radius 3 is 2.57 bits per heavy atom. The molecule has 1 fully saturated rings. The third kappa shape index (κ3) is 4.58. The molecule has 0 unspecified atom stereocenters. The van der Waals surface area contributed by atoms with Gasteiger partial charge in [0.15, 0.2) is 15.7 Å². The molecule has 1 saturated heterocycles. The summed E-state index contributed by atoms with van der Waals surface area (Å²) in [4.78, 5) is 6.46. The summed E-state index contributed by atoms with van der Waals surface area (Å²) in [7, 11) is -3.60. The Labute approximate surface area is 174 Å². The van der Waals surface area contributed by atoms with Crippen LogP contribution < -0.4 is 0 Å². The summed E-state index contributed by atoms with van der Waals surface area (Å²) in [6.45, 7) is 2.76. The van der Waals surface area contributed by atoms with Crippen LogP contribution in [0.5, 0.6) is 0 Å². The molecule has 7 nitrogen and oxygen atoms in total. The highest BCUT2D eigenvalue weighted by Gasteiger charge is 2.36. The summed E-state index contributed by atoms with van der Waals surface area (Å²) in [5, 5.41) is 14.0. The number of rotatable bonds is 6. The predicted octanol–water partition coefficient (Wildman–Crippen LogP) is 2.80. The second kappa shape index (κ2) is 8.25. The minimum atomic E-state index is -3.60. The van der Waals surface area contributed by atoms with E-state index in [1.54, 1.807) is 36.4 Å². The third-order valence-electron chi connectivity index (χ3n) is 5.15. The molecular weight excluding hydrogens is 409 g/mol. The summed E-state index contributed by atoms with van der Waals surface area (Å²) in [6, 6.07) is 12.4. The fraction of sp³-hybridized carbons (Fsp3) is 0.333. The maximum Gasteiger partial charge on any atom is 0.244 e. The van der Waals surface area contributed by atoms with Gasteiger partial charge in [0.1, 0.15) is 11.6 Å². The number of likely N-dealkylation sites (tertiary alicyclic amines) is 1. The minimum Gasteiger partial charge on any atom is -0.392 e. The number of nitrogens with zero attached hydrogens (tertiary/aromatic N) is 3. The smallest absolute Gasteiger partial charge is 0.244 e. The van der Waals surface area contributed by atoms with Crippen LogP contribution >= 0.6 is 0 Å². The van der Waals surface area contributed by atoms with E-state index in [4.69, 9.17) is 4.52 Å². The van der Waals surface area contributed by atoms with E-state index in [2.05, 4.69) is 10.1 Å². The van der Waals surface area contributed by atoms with Crippen molar-refractivity contribution in [2.24, 2.45) is 0 Å². The van der Waals surface area contributed by atoms with E-state index in [0.29, 0.717) is 19.5 Å². The Kier molecular flexibility index (Phi) is 5.68. The van der Waals surface area contributed by atoms with Crippen molar-refractivity contribution in [1.82, 2.24) is 15.0 Å². The van der Waals surface area contributed by atoms with Crippen LogP contribution in [0.1, 0.15) is 35.3 Å². The topological polar surface area (TPSA) is 96.5 Å². The summed E-state index contributed by atoms with van der Waals surface area (Å²) < 4.78 is 43.7. The predicted molar refractivity (Wildman–Crippen MR) is 107 cm³/mol. The first-order chi connectivity index (χ1) is 14.3. The molecule has 2 aromatic carbocycles. The number of halogens is 1. The number of benzene rings is 2. The van der Waals surface area contributed by atoms with Crippen LogP contribution in [0, 0.1) is 12.7 Å². The van der Waals surface area contributed by atoms with Crippen LogP contribution in [-0.4, -0.2) is 41.2 Å². The summed E-state index contributed by atoms with van der Waals surface area (Å²) in [5.74, 6) is -0.336. The lowest BCUT2D eigenvalue weighted by molar-refractivity contribution is 0.169. The number of hydrogen-bond acceptors (Lipinski definition) is 7. The number of aliphatic hydroxyl groups excluding tert-OH is 1. The van der Waals surface area contributed by atoms with Crippen molar-refractivity contribution < 1.29 is 22.4 Å². The molecule has 9 heteroatoms. The lowest BCUT2D eigenvalue weighted by Crippen LogP contribution is -2.24. The molecule has 30 heavy (non-hydrogen) atoms. The maximum absolute atomic E-state index is 13.1. The molecule has 4 rings (SSSR count). The van der Waals surface area contributed by atoms with Gasteiger partial charge in [-0.05, 0) is 43.2 Å². The zero-order valence-corrected chi connectivity index (χ0v) is 17.2. The Hall–Kier alpha value is -2.62. The summed E-state index contributed by atoms with van der Waals surface area (Å²) in [6.07, 6.45) is -0.171. The molecule has 0 aliphatic carbocycles. The first kappa shape index (κ1) is 20.6. The number of β-amino-alcohol motifs (C(OH)–C–C–N with tert-alkyl or cyclic N) is 1. The highest BCUT2D eigenvalue weighted by Crippen LogP contribution is 2.32. The number of sulfone groups is 1. The molecule has 0 spiro atoms. The van der Waals surface area contributed by atoms with Crippen molar-refractivity contribution in [2.45, 2.75) is 42.7 Å². The molecule has 3 aromatic rings. The molecular formula is C21H22FN3O4S. The normalized spacial score (nSPS) is 20.0. The van der Waals surface area contributed by atoms with Crippen molar-refractivity contribution in [2.75, 3.05) is 6.54 Å². The van der Waals surface area contributed by atoms with Crippen LogP contribution in [-0.2, 0) is 22.1 Å². The van der Waals surface area contributed by atoms with Gasteiger partial charge in [0.05, 0.1) is 17.0 Å². The lowest BCUT2D eigenvalue weighted by atomic mass is 10.1. The van der Waals surface area contributed by atoms with Gasteiger partial charge in [-0.3, -0.25) is 4.90 Å². The number of hydrogen-bond donors (Lipinski definition) is 1. The van der Waals surface area contributed by atoms with E-state index in [-0.39, 0.29) is 34.2 Å². The SMILES string of the molecule is Cc1ccc(S(=O)(=O)Cc2noc([C@@H]3C[C@@H](O)CN3Cc3ccc(F)cc3)n2)cc1. The average Bonchev–Trinajstić information content (AvgIpc) is 3.29. The standard InChI is InChI=1S/C21H22FN3O4S/c1-14-2-8-18(9-3-14)30(27,28)13-20-23-21(29-24-20)19-10-17(26)12-25(19)11-15-4-6-16(22)7-5-15/h2-9,17,19,26H,10-13H2,1H3/t17-,19+/m1/s1. The van der Waals surface area contributed by atoms with Gasteiger partial charge in [-0.25, -0.2) is 12.8 Å².